The van der Waals surface area contributed by atoms with Crippen LogP contribution < -0.4 is 15.2 Å². The van der Waals surface area contributed by atoms with Gasteiger partial charge in [-0.05, 0) is 36.2 Å². The molecule has 0 bridgehead atoms. The van der Waals surface area contributed by atoms with Crippen LogP contribution >= 0.6 is 0 Å². The van der Waals surface area contributed by atoms with E-state index in [1.165, 1.54) is 4.90 Å². The number of imide groups is 1. The SMILES string of the molecule is Cc1cccc(N2C(=O)C3C4CC(=O)NN4[C@]4(C(=O)N(Cc5ccccc5)c5ccccc54)C3C2=O)c1. The Morgan fingerprint density at radius 3 is 2.43 bits per heavy atom. The van der Waals surface area contributed by atoms with Gasteiger partial charge in [-0.25, -0.2) is 4.90 Å². The van der Waals surface area contributed by atoms with Crippen molar-refractivity contribution in [3.63, 3.8) is 0 Å². The molecule has 0 aromatic heterocycles. The third-order valence-electron chi connectivity index (χ3n) is 8.19. The molecular weight excluding hydrogens is 468 g/mol. The molecule has 8 nitrogen and oxygen atoms in total. The molecule has 37 heavy (non-hydrogen) atoms. The van der Waals surface area contributed by atoms with Crippen molar-refractivity contribution in [3.8, 4) is 0 Å². The van der Waals surface area contributed by atoms with Crippen LogP contribution in [0, 0.1) is 18.8 Å². The van der Waals surface area contributed by atoms with Crippen molar-refractivity contribution in [2.45, 2.75) is 31.5 Å². The fraction of sp³-hybridized carbons (Fsp3) is 0.241. The van der Waals surface area contributed by atoms with Crippen molar-refractivity contribution in [3.05, 3.63) is 95.6 Å². The van der Waals surface area contributed by atoms with Gasteiger partial charge in [0.1, 0.15) is 0 Å². The predicted molar refractivity (Wildman–Crippen MR) is 135 cm³/mol. The van der Waals surface area contributed by atoms with E-state index >= 15 is 0 Å². The Morgan fingerprint density at radius 1 is 0.892 bits per heavy atom. The van der Waals surface area contributed by atoms with Crippen LogP contribution in [0.15, 0.2) is 78.9 Å². The zero-order chi connectivity index (χ0) is 25.5. The van der Waals surface area contributed by atoms with Crippen molar-refractivity contribution in [2.24, 2.45) is 11.8 Å². The minimum Gasteiger partial charge on any atom is -0.306 e. The van der Waals surface area contributed by atoms with Crippen LogP contribution in [0.4, 0.5) is 11.4 Å². The van der Waals surface area contributed by atoms with Gasteiger partial charge in [-0.2, -0.15) is 5.01 Å². The number of carbonyl (C=O) groups excluding carboxylic acids is 4. The van der Waals surface area contributed by atoms with Gasteiger partial charge in [0.05, 0.1) is 30.1 Å². The molecule has 4 heterocycles. The smallest absolute Gasteiger partial charge is 0.255 e. The number of carbonyl (C=O) groups is 4. The summed E-state index contributed by atoms with van der Waals surface area (Å²) in [7, 11) is 0. The molecule has 4 amide bonds. The number of hydrogen-bond acceptors (Lipinski definition) is 5. The lowest BCUT2D eigenvalue weighted by Gasteiger charge is -2.36. The quantitative estimate of drug-likeness (QED) is 0.568. The zero-order valence-corrected chi connectivity index (χ0v) is 20.1. The van der Waals surface area contributed by atoms with Crippen LogP contribution in [-0.2, 0) is 31.3 Å². The summed E-state index contributed by atoms with van der Waals surface area (Å²) in [5.41, 5.74) is 5.03. The van der Waals surface area contributed by atoms with Gasteiger partial charge in [0.2, 0.25) is 17.7 Å². The van der Waals surface area contributed by atoms with Gasteiger partial charge in [-0.3, -0.25) is 24.6 Å². The molecule has 3 fully saturated rings. The van der Waals surface area contributed by atoms with E-state index in [2.05, 4.69) is 5.43 Å². The third kappa shape index (κ3) is 2.76. The minimum absolute atomic E-state index is 0.0533. The topological polar surface area (TPSA) is 90.0 Å². The van der Waals surface area contributed by atoms with Crippen molar-refractivity contribution in [1.82, 2.24) is 10.4 Å². The molecule has 1 spiro atoms. The summed E-state index contributed by atoms with van der Waals surface area (Å²) < 4.78 is 0. The summed E-state index contributed by atoms with van der Waals surface area (Å²) in [5, 5.41) is 1.63. The van der Waals surface area contributed by atoms with Crippen molar-refractivity contribution < 1.29 is 19.2 Å². The van der Waals surface area contributed by atoms with Gasteiger partial charge in [-0.15, -0.1) is 0 Å². The van der Waals surface area contributed by atoms with Gasteiger partial charge in [-0.1, -0.05) is 60.7 Å². The molecule has 8 heteroatoms. The Balaban J connectivity index is 1.42. The molecule has 0 saturated carbocycles. The molecule has 3 unspecified atom stereocenters. The number of para-hydroxylation sites is 1. The molecule has 4 aliphatic heterocycles. The third-order valence-corrected chi connectivity index (χ3v) is 8.19. The first-order valence-corrected chi connectivity index (χ1v) is 12.4. The summed E-state index contributed by atoms with van der Waals surface area (Å²) in [4.78, 5) is 58.3. The number of anilines is 2. The first-order valence-electron chi connectivity index (χ1n) is 12.4. The van der Waals surface area contributed by atoms with E-state index in [0.29, 0.717) is 23.5 Å². The molecule has 3 aromatic rings. The summed E-state index contributed by atoms with van der Waals surface area (Å²) in [6.07, 6.45) is 0.0533. The number of benzene rings is 3. The van der Waals surface area contributed by atoms with Gasteiger partial charge in [0.25, 0.3) is 5.91 Å². The van der Waals surface area contributed by atoms with Crippen LogP contribution in [-0.4, -0.2) is 34.7 Å². The molecule has 4 aliphatic rings. The second-order valence-corrected chi connectivity index (χ2v) is 10.2. The highest BCUT2D eigenvalue weighted by Crippen LogP contribution is 2.60. The average Bonchev–Trinajstić information content (AvgIpc) is 3.55. The Kier molecular flexibility index (Phi) is 4.51. The number of nitrogens with zero attached hydrogens (tertiary/aromatic N) is 3. The molecule has 3 aromatic carbocycles. The number of nitrogens with one attached hydrogen (secondary N) is 1. The van der Waals surface area contributed by atoms with Gasteiger partial charge in [0.15, 0.2) is 5.54 Å². The maximum absolute atomic E-state index is 14.6. The van der Waals surface area contributed by atoms with Gasteiger partial charge in [0, 0.05) is 17.7 Å². The number of aryl methyl sites for hydroxylation is 1. The van der Waals surface area contributed by atoms with Crippen LogP contribution in [0.25, 0.3) is 0 Å². The standard InChI is InChI=1S/C29H24N4O4/c1-17-8-7-11-19(14-17)32-26(35)24-22-15-23(34)30-33(22)29(25(24)27(32)36)20-12-5-6-13-21(20)31(28(29)37)16-18-9-3-2-4-10-18/h2-14,22,24-25H,15-16H2,1H3,(H,30,34)/t22?,24?,25?,29-/m0/s1. The predicted octanol–water partition coefficient (Wildman–Crippen LogP) is 2.66. The minimum atomic E-state index is -1.50. The summed E-state index contributed by atoms with van der Waals surface area (Å²) in [5.74, 6) is -3.11. The van der Waals surface area contributed by atoms with Gasteiger partial charge < -0.3 is 4.90 Å². The number of hydrogen-bond donors (Lipinski definition) is 1. The van der Waals surface area contributed by atoms with Crippen LogP contribution in [0.5, 0.6) is 0 Å². The fourth-order valence-corrected chi connectivity index (χ4v) is 6.79. The Bertz CT molecular complexity index is 1500. The molecule has 184 valence electrons. The maximum Gasteiger partial charge on any atom is 0.255 e. The van der Waals surface area contributed by atoms with Crippen molar-refractivity contribution >= 4 is 35.0 Å². The van der Waals surface area contributed by atoms with E-state index in [9.17, 15) is 19.2 Å². The molecule has 4 atom stereocenters. The Morgan fingerprint density at radius 2 is 1.65 bits per heavy atom. The molecule has 3 saturated heterocycles. The van der Waals surface area contributed by atoms with E-state index in [-0.39, 0.29) is 24.1 Å². The lowest BCUT2D eigenvalue weighted by molar-refractivity contribution is -0.140. The fourth-order valence-electron chi connectivity index (χ4n) is 6.79. The molecule has 1 N–H and O–H groups in total. The molecule has 7 rings (SSSR count). The van der Waals surface area contributed by atoms with E-state index in [1.54, 1.807) is 28.1 Å². The lowest BCUT2D eigenvalue weighted by Crippen LogP contribution is -2.59. The zero-order valence-electron chi connectivity index (χ0n) is 20.1. The normalized spacial score (nSPS) is 28.2. The average molecular weight is 493 g/mol. The highest BCUT2D eigenvalue weighted by atomic mass is 16.2. The van der Waals surface area contributed by atoms with E-state index in [4.69, 9.17) is 0 Å². The summed E-state index contributed by atoms with van der Waals surface area (Å²) in [6.45, 7) is 2.21. The van der Waals surface area contributed by atoms with Crippen LogP contribution in [0.2, 0.25) is 0 Å². The molecule has 0 radical (unpaired) electrons. The van der Waals surface area contributed by atoms with Crippen molar-refractivity contribution in [1.29, 1.82) is 0 Å². The van der Waals surface area contributed by atoms with Crippen LogP contribution in [0.3, 0.4) is 0 Å². The number of hydrazine groups is 1. The van der Waals surface area contributed by atoms with Crippen molar-refractivity contribution in [2.75, 3.05) is 9.80 Å². The van der Waals surface area contributed by atoms with E-state index in [0.717, 1.165) is 11.1 Å². The second kappa shape index (κ2) is 7.60. The first-order chi connectivity index (χ1) is 17.9. The van der Waals surface area contributed by atoms with E-state index in [1.807, 2.05) is 67.6 Å². The van der Waals surface area contributed by atoms with Crippen LogP contribution in [0.1, 0.15) is 23.1 Å². The lowest BCUT2D eigenvalue weighted by atomic mass is 9.76. The number of rotatable bonds is 3. The maximum atomic E-state index is 14.6. The monoisotopic (exact) mass is 492 g/mol. The Hall–Kier alpha value is -4.30. The largest absolute Gasteiger partial charge is 0.306 e. The second-order valence-electron chi connectivity index (χ2n) is 10.2. The molecular formula is C29H24N4O4. The Labute approximate surface area is 213 Å². The molecule has 0 aliphatic carbocycles. The van der Waals surface area contributed by atoms with E-state index < -0.39 is 29.3 Å². The van der Waals surface area contributed by atoms with Gasteiger partial charge >= 0.3 is 0 Å². The number of amides is 4. The highest BCUT2D eigenvalue weighted by molar-refractivity contribution is 6.26. The number of fused-ring (bicyclic) bond motifs is 7. The highest BCUT2D eigenvalue weighted by Gasteiger charge is 2.77. The summed E-state index contributed by atoms with van der Waals surface area (Å²) in [6, 6.07) is 23.7. The first kappa shape index (κ1) is 21.9. The summed E-state index contributed by atoms with van der Waals surface area (Å²) >= 11 is 0.